The summed E-state index contributed by atoms with van der Waals surface area (Å²) in [5.41, 5.74) is 10.1. The molecule has 0 spiro atoms. The van der Waals surface area contributed by atoms with Gasteiger partial charge in [0.25, 0.3) is 11.8 Å². The Balaban J connectivity index is 1.57. The molecule has 0 aliphatic heterocycles. The first-order valence-corrected chi connectivity index (χ1v) is 10.6. The van der Waals surface area contributed by atoms with Crippen LogP contribution in [-0.2, 0) is 9.59 Å². The largest absolute Gasteiger partial charge is 0.339 e. The summed E-state index contributed by atoms with van der Waals surface area (Å²) in [5.74, 6) is -1.33. The van der Waals surface area contributed by atoms with Gasteiger partial charge in [-0.1, -0.05) is 30.7 Å². The van der Waals surface area contributed by atoms with Crippen LogP contribution in [0.1, 0.15) is 36.5 Å². The summed E-state index contributed by atoms with van der Waals surface area (Å²) in [5, 5.41) is 17.4. The summed E-state index contributed by atoms with van der Waals surface area (Å²) >= 11 is 0. The van der Waals surface area contributed by atoms with Crippen molar-refractivity contribution < 1.29 is 19.6 Å². The number of benzene rings is 2. The van der Waals surface area contributed by atoms with E-state index in [1.807, 2.05) is 24.3 Å². The Hall–Kier alpha value is -3.27. The lowest BCUT2D eigenvalue weighted by molar-refractivity contribution is -0.131. The number of nitrogens with two attached hydrogens (primary N) is 1. The molecule has 7 N–H and O–H groups in total. The van der Waals surface area contributed by atoms with E-state index in [1.165, 1.54) is 11.9 Å². The van der Waals surface area contributed by atoms with Crippen molar-refractivity contribution >= 4 is 23.4 Å². The fourth-order valence-electron chi connectivity index (χ4n) is 3.34. The summed E-state index contributed by atoms with van der Waals surface area (Å²) < 4.78 is 0. The molecule has 0 radical (unpaired) electrons. The monoisotopic (exact) mass is 439 g/mol. The highest BCUT2D eigenvalue weighted by Crippen LogP contribution is 2.22. The van der Waals surface area contributed by atoms with Gasteiger partial charge in [0.2, 0.25) is 5.91 Å². The van der Waals surface area contributed by atoms with E-state index in [0.717, 1.165) is 24.0 Å². The van der Waals surface area contributed by atoms with Gasteiger partial charge in [-0.15, -0.1) is 0 Å². The second-order valence-electron chi connectivity index (χ2n) is 8.00. The molecule has 9 nitrogen and oxygen atoms in total. The summed E-state index contributed by atoms with van der Waals surface area (Å²) in [4.78, 5) is 36.1. The van der Waals surface area contributed by atoms with Crippen molar-refractivity contribution in [3.05, 3.63) is 54.1 Å². The quantitative estimate of drug-likeness (QED) is 0.257. The minimum Gasteiger partial charge on any atom is -0.339 e. The van der Waals surface area contributed by atoms with Crippen LogP contribution < -0.4 is 27.2 Å². The lowest BCUT2D eigenvalue weighted by atomic mass is 9.93. The Bertz CT molecular complexity index is 940. The van der Waals surface area contributed by atoms with E-state index in [9.17, 15) is 14.4 Å². The van der Waals surface area contributed by atoms with Gasteiger partial charge in [0.05, 0.1) is 6.54 Å². The van der Waals surface area contributed by atoms with Gasteiger partial charge in [0, 0.05) is 23.3 Å². The van der Waals surface area contributed by atoms with Crippen LogP contribution in [0.3, 0.4) is 0 Å². The summed E-state index contributed by atoms with van der Waals surface area (Å²) in [6.45, 7) is 1.86. The fraction of sp³-hybridized carbons (Fsp3) is 0.348. The number of hydrogen-bond donors (Lipinski definition) is 6. The standard InChI is InChI=1S/C23H29N5O4/c1-14(24)21(23(31)28-32)27-22(30)17-7-5-15(6-8-17)16-9-11-19(12-10-16)26-20(29)13-25-18-3-2-4-18/h5-12,14,18,21,25,32H,2-4,13,24H2,1H3,(H,26,29)(H,27,30)(H,28,31)/t14-,21+/m1/s1. The number of hydrogen-bond acceptors (Lipinski definition) is 6. The van der Waals surface area contributed by atoms with Gasteiger partial charge < -0.3 is 21.7 Å². The van der Waals surface area contributed by atoms with Crippen LogP contribution in [0, 0.1) is 0 Å². The van der Waals surface area contributed by atoms with Crippen LogP contribution in [0.2, 0.25) is 0 Å². The first-order valence-electron chi connectivity index (χ1n) is 10.6. The van der Waals surface area contributed by atoms with Crippen molar-refractivity contribution in [3.63, 3.8) is 0 Å². The molecule has 1 aliphatic carbocycles. The fourth-order valence-corrected chi connectivity index (χ4v) is 3.34. The smallest absolute Gasteiger partial charge is 0.267 e. The minimum absolute atomic E-state index is 0.0694. The van der Waals surface area contributed by atoms with Gasteiger partial charge in [0.15, 0.2) is 0 Å². The topological polar surface area (TPSA) is 146 Å². The van der Waals surface area contributed by atoms with Gasteiger partial charge in [-0.05, 0) is 55.2 Å². The zero-order valence-corrected chi connectivity index (χ0v) is 17.9. The first kappa shape index (κ1) is 23.4. The second-order valence-corrected chi connectivity index (χ2v) is 8.00. The number of rotatable bonds is 9. The number of anilines is 1. The molecule has 0 saturated heterocycles. The maximum absolute atomic E-state index is 12.4. The molecule has 2 atom stereocenters. The number of hydroxylamine groups is 1. The lowest BCUT2D eigenvalue weighted by Crippen LogP contribution is -2.54. The number of carbonyl (C=O) groups excluding carboxylic acids is 3. The molecule has 0 aromatic heterocycles. The van der Waals surface area contributed by atoms with E-state index in [0.29, 0.717) is 23.8 Å². The minimum atomic E-state index is -1.06. The first-order chi connectivity index (χ1) is 15.4. The van der Waals surface area contributed by atoms with Crippen molar-refractivity contribution in [3.8, 4) is 11.1 Å². The SMILES string of the molecule is C[C@@H](N)[C@H](NC(=O)c1ccc(-c2ccc(NC(=O)CNC3CCC3)cc2)cc1)C(=O)NO. The van der Waals surface area contributed by atoms with Crippen molar-refractivity contribution in [2.45, 2.75) is 44.3 Å². The van der Waals surface area contributed by atoms with Crippen LogP contribution in [0.15, 0.2) is 48.5 Å². The van der Waals surface area contributed by atoms with Crippen molar-refractivity contribution in [2.24, 2.45) is 5.73 Å². The zero-order valence-electron chi connectivity index (χ0n) is 17.9. The molecule has 3 rings (SSSR count). The second kappa shape index (κ2) is 10.9. The number of carbonyl (C=O) groups is 3. The average Bonchev–Trinajstić information content (AvgIpc) is 2.76. The van der Waals surface area contributed by atoms with E-state index in [4.69, 9.17) is 10.9 Å². The molecule has 9 heteroatoms. The van der Waals surface area contributed by atoms with Crippen molar-refractivity contribution in [2.75, 3.05) is 11.9 Å². The molecule has 2 aromatic rings. The summed E-state index contributed by atoms with van der Waals surface area (Å²) in [6, 6.07) is 13.0. The molecule has 0 heterocycles. The van der Waals surface area contributed by atoms with Gasteiger partial charge in [-0.2, -0.15) is 0 Å². The molecule has 1 aliphatic rings. The number of amides is 3. The molecule has 1 saturated carbocycles. The Labute approximate surface area is 186 Å². The molecule has 0 unspecified atom stereocenters. The van der Waals surface area contributed by atoms with Crippen molar-refractivity contribution in [1.29, 1.82) is 0 Å². The Morgan fingerprint density at radius 3 is 2.12 bits per heavy atom. The number of nitrogens with one attached hydrogen (secondary N) is 4. The van der Waals surface area contributed by atoms with Crippen molar-refractivity contribution in [1.82, 2.24) is 16.1 Å². The molecule has 3 amide bonds. The van der Waals surface area contributed by atoms with Gasteiger partial charge in [-0.25, -0.2) is 5.48 Å². The van der Waals surface area contributed by atoms with E-state index in [-0.39, 0.29) is 5.91 Å². The normalized spacial score (nSPS) is 15.2. The Morgan fingerprint density at radius 2 is 1.62 bits per heavy atom. The maximum atomic E-state index is 12.4. The summed E-state index contributed by atoms with van der Waals surface area (Å²) in [6.07, 6.45) is 3.49. The van der Waals surface area contributed by atoms with E-state index in [2.05, 4.69) is 16.0 Å². The maximum Gasteiger partial charge on any atom is 0.267 e. The highest BCUT2D eigenvalue weighted by Gasteiger charge is 2.24. The van der Waals surface area contributed by atoms with E-state index < -0.39 is 23.9 Å². The van der Waals surface area contributed by atoms with E-state index in [1.54, 1.807) is 31.2 Å². The predicted octanol–water partition coefficient (Wildman–Crippen LogP) is 1.39. The molecule has 170 valence electrons. The zero-order chi connectivity index (χ0) is 23.1. The van der Waals surface area contributed by atoms with Gasteiger partial charge in [0.1, 0.15) is 6.04 Å². The van der Waals surface area contributed by atoms with E-state index >= 15 is 0 Å². The Kier molecular flexibility index (Phi) is 7.93. The average molecular weight is 440 g/mol. The predicted molar refractivity (Wildman–Crippen MR) is 121 cm³/mol. The third-order valence-corrected chi connectivity index (χ3v) is 5.51. The van der Waals surface area contributed by atoms with Gasteiger partial charge in [-0.3, -0.25) is 19.6 Å². The molecular weight excluding hydrogens is 410 g/mol. The summed E-state index contributed by atoms with van der Waals surface area (Å²) in [7, 11) is 0. The van der Waals surface area contributed by atoms with Gasteiger partial charge >= 0.3 is 0 Å². The van der Waals surface area contributed by atoms with Crippen LogP contribution in [0.4, 0.5) is 5.69 Å². The van der Waals surface area contributed by atoms with Crippen LogP contribution in [0.25, 0.3) is 11.1 Å². The van der Waals surface area contributed by atoms with Crippen LogP contribution in [-0.4, -0.2) is 47.6 Å². The highest BCUT2D eigenvalue weighted by atomic mass is 16.5. The Morgan fingerprint density at radius 1 is 1.03 bits per heavy atom. The highest BCUT2D eigenvalue weighted by molar-refractivity contribution is 5.98. The molecular formula is C23H29N5O4. The van der Waals surface area contributed by atoms with Crippen LogP contribution >= 0.6 is 0 Å². The van der Waals surface area contributed by atoms with Crippen LogP contribution in [0.5, 0.6) is 0 Å². The molecule has 0 bridgehead atoms. The lowest BCUT2D eigenvalue weighted by Gasteiger charge is -2.26. The molecule has 32 heavy (non-hydrogen) atoms. The molecule has 2 aromatic carbocycles. The molecule has 1 fully saturated rings. The third-order valence-electron chi connectivity index (χ3n) is 5.51. The third kappa shape index (κ3) is 6.13.